The van der Waals surface area contributed by atoms with Crippen LogP contribution in [0.4, 0.5) is 4.79 Å². The Kier molecular flexibility index (Phi) is 5.98. The molecule has 1 atom stereocenters. The second-order valence-electron chi connectivity index (χ2n) is 5.61. The number of fused-ring (bicyclic) bond motifs is 1. The molecule has 0 aliphatic carbocycles. The van der Waals surface area contributed by atoms with Crippen LogP contribution in [0, 0.1) is 0 Å². The van der Waals surface area contributed by atoms with E-state index in [1.165, 1.54) is 11.1 Å². The largest absolute Gasteiger partial charge is 0.494 e. The van der Waals surface area contributed by atoms with Crippen LogP contribution in [0.5, 0.6) is 5.75 Å². The summed E-state index contributed by atoms with van der Waals surface area (Å²) in [5.74, 6) is 0.577. The summed E-state index contributed by atoms with van der Waals surface area (Å²) >= 11 is 0. The molecule has 23 heavy (non-hydrogen) atoms. The predicted molar refractivity (Wildman–Crippen MR) is 88.4 cm³/mol. The molecule has 0 aromatic heterocycles. The van der Waals surface area contributed by atoms with Crippen LogP contribution >= 0.6 is 0 Å². The molecule has 0 unspecified atom stereocenters. The first-order valence-corrected chi connectivity index (χ1v) is 8.12. The summed E-state index contributed by atoms with van der Waals surface area (Å²) < 4.78 is 5.54. The summed E-state index contributed by atoms with van der Waals surface area (Å²) in [7, 11) is 0. The van der Waals surface area contributed by atoms with E-state index in [9.17, 15) is 9.59 Å². The van der Waals surface area contributed by atoms with Crippen LogP contribution in [0.3, 0.4) is 0 Å². The van der Waals surface area contributed by atoms with Crippen molar-refractivity contribution < 1.29 is 14.3 Å². The molecule has 6 heteroatoms. The number of ether oxygens (including phenoxy) is 1. The van der Waals surface area contributed by atoms with Gasteiger partial charge in [0.25, 0.3) is 0 Å². The topological polar surface area (TPSA) is 70.7 Å². The lowest BCUT2D eigenvalue weighted by atomic mass is 9.98. The minimum atomic E-state index is -0.444. The van der Waals surface area contributed by atoms with Gasteiger partial charge in [-0.15, -0.1) is 0 Å². The third-order valence-corrected chi connectivity index (χ3v) is 4.03. The fraction of sp³-hybridized carbons (Fsp3) is 0.529. The van der Waals surface area contributed by atoms with E-state index >= 15 is 0 Å². The molecule has 1 heterocycles. The van der Waals surface area contributed by atoms with E-state index in [-0.39, 0.29) is 11.9 Å². The van der Waals surface area contributed by atoms with Gasteiger partial charge in [-0.3, -0.25) is 15.0 Å². The first-order chi connectivity index (χ1) is 11.0. The molecule has 2 rings (SSSR count). The van der Waals surface area contributed by atoms with E-state index in [1.54, 1.807) is 0 Å². The highest BCUT2D eigenvalue weighted by atomic mass is 16.5. The quantitative estimate of drug-likeness (QED) is 0.866. The van der Waals surface area contributed by atoms with Crippen LogP contribution in [0.25, 0.3) is 0 Å². The second kappa shape index (κ2) is 7.97. The van der Waals surface area contributed by atoms with Gasteiger partial charge in [-0.2, -0.15) is 0 Å². The van der Waals surface area contributed by atoms with Crippen molar-refractivity contribution in [1.29, 1.82) is 0 Å². The summed E-state index contributed by atoms with van der Waals surface area (Å²) in [4.78, 5) is 25.7. The van der Waals surface area contributed by atoms with Crippen molar-refractivity contribution in [3.05, 3.63) is 29.3 Å². The highest BCUT2D eigenvalue weighted by Gasteiger charge is 2.26. The van der Waals surface area contributed by atoms with Gasteiger partial charge >= 0.3 is 6.03 Å². The van der Waals surface area contributed by atoms with Gasteiger partial charge in [-0.25, -0.2) is 4.79 Å². The fourth-order valence-electron chi connectivity index (χ4n) is 2.73. The zero-order valence-electron chi connectivity index (χ0n) is 14.0. The molecule has 1 aromatic carbocycles. The number of imide groups is 1. The van der Waals surface area contributed by atoms with Crippen LogP contribution in [0.15, 0.2) is 18.2 Å². The maximum absolute atomic E-state index is 12.2. The Bertz CT molecular complexity index is 574. The number of rotatable bonds is 5. The Hall–Kier alpha value is -2.08. The molecule has 0 saturated carbocycles. The summed E-state index contributed by atoms with van der Waals surface area (Å²) in [5, 5.41) is 4.94. The van der Waals surface area contributed by atoms with E-state index in [1.807, 2.05) is 32.9 Å². The molecule has 6 nitrogen and oxygen atoms in total. The van der Waals surface area contributed by atoms with Gasteiger partial charge in [0.1, 0.15) is 5.75 Å². The molecule has 1 aromatic rings. The number of carbonyl (C=O) groups is 2. The Morgan fingerprint density at radius 2 is 2.09 bits per heavy atom. The maximum Gasteiger partial charge on any atom is 0.321 e. The van der Waals surface area contributed by atoms with Crippen molar-refractivity contribution in [3.63, 3.8) is 0 Å². The molecule has 1 aliphatic rings. The third kappa shape index (κ3) is 4.45. The van der Waals surface area contributed by atoms with Crippen molar-refractivity contribution >= 4 is 11.9 Å². The predicted octanol–water partition coefficient (Wildman–Crippen LogP) is 1.68. The zero-order chi connectivity index (χ0) is 16.8. The van der Waals surface area contributed by atoms with Crippen LogP contribution in [-0.4, -0.2) is 42.6 Å². The average molecular weight is 319 g/mol. The standard InChI is InChI=1S/C17H25N3O3/c1-4-18-17(22)19-16(21)12(3)20-9-8-13-6-7-15(23-5-2)10-14(13)11-20/h6-7,10,12H,4-5,8-9,11H2,1-3H3,(H2,18,19,21,22)/t12-/m0/s1. The van der Waals surface area contributed by atoms with Gasteiger partial charge in [0.2, 0.25) is 5.91 Å². The highest BCUT2D eigenvalue weighted by Crippen LogP contribution is 2.25. The van der Waals surface area contributed by atoms with E-state index in [0.29, 0.717) is 19.7 Å². The van der Waals surface area contributed by atoms with Gasteiger partial charge in [-0.05, 0) is 50.5 Å². The van der Waals surface area contributed by atoms with Gasteiger partial charge in [0.15, 0.2) is 0 Å². The van der Waals surface area contributed by atoms with E-state index in [2.05, 4.69) is 21.6 Å². The lowest BCUT2D eigenvalue weighted by Gasteiger charge is -2.33. The maximum atomic E-state index is 12.2. The summed E-state index contributed by atoms with van der Waals surface area (Å²) in [6.45, 7) is 8.19. The van der Waals surface area contributed by atoms with Crippen molar-refractivity contribution in [3.8, 4) is 5.75 Å². The molecule has 3 amide bonds. The molecule has 0 saturated heterocycles. The van der Waals surface area contributed by atoms with Crippen molar-refractivity contribution in [2.45, 2.75) is 39.8 Å². The molecule has 1 aliphatic heterocycles. The number of amides is 3. The van der Waals surface area contributed by atoms with Gasteiger partial charge < -0.3 is 10.1 Å². The first kappa shape index (κ1) is 17.3. The number of benzene rings is 1. The first-order valence-electron chi connectivity index (χ1n) is 8.12. The Balaban J connectivity index is 2.01. The number of nitrogens with zero attached hydrogens (tertiary/aromatic N) is 1. The number of urea groups is 1. The molecule has 0 spiro atoms. The summed E-state index contributed by atoms with van der Waals surface area (Å²) in [6.07, 6.45) is 0.889. The third-order valence-electron chi connectivity index (χ3n) is 4.03. The average Bonchev–Trinajstić information content (AvgIpc) is 2.54. The lowest BCUT2D eigenvalue weighted by molar-refractivity contribution is -0.125. The van der Waals surface area contributed by atoms with Crippen LogP contribution in [0.1, 0.15) is 31.9 Å². The number of hydrogen-bond acceptors (Lipinski definition) is 4. The Morgan fingerprint density at radius 3 is 2.78 bits per heavy atom. The van der Waals surface area contributed by atoms with E-state index in [0.717, 1.165) is 18.7 Å². The number of hydrogen-bond donors (Lipinski definition) is 2. The molecular formula is C17H25N3O3. The molecule has 2 N–H and O–H groups in total. The second-order valence-corrected chi connectivity index (χ2v) is 5.61. The van der Waals surface area contributed by atoms with Gasteiger partial charge in [0.05, 0.1) is 12.6 Å². The molecule has 0 bridgehead atoms. The minimum absolute atomic E-state index is 0.277. The highest BCUT2D eigenvalue weighted by molar-refractivity contribution is 5.96. The summed E-state index contributed by atoms with van der Waals surface area (Å²) in [6, 6.07) is 5.32. The molecule has 0 fully saturated rings. The van der Waals surface area contributed by atoms with Gasteiger partial charge in [0, 0.05) is 19.6 Å². The molecular weight excluding hydrogens is 294 g/mol. The lowest BCUT2D eigenvalue weighted by Crippen LogP contribution is -2.50. The van der Waals surface area contributed by atoms with E-state index < -0.39 is 6.03 Å². The van der Waals surface area contributed by atoms with Gasteiger partial charge in [-0.1, -0.05) is 6.07 Å². The smallest absolute Gasteiger partial charge is 0.321 e. The van der Waals surface area contributed by atoms with Crippen LogP contribution in [0.2, 0.25) is 0 Å². The summed E-state index contributed by atoms with van der Waals surface area (Å²) in [5.41, 5.74) is 2.47. The monoisotopic (exact) mass is 319 g/mol. The molecule has 126 valence electrons. The normalized spacial score (nSPS) is 15.4. The fourth-order valence-corrected chi connectivity index (χ4v) is 2.73. The van der Waals surface area contributed by atoms with E-state index in [4.69, 9.17) is 4.74 Å². The van der Waals surface area contributed by atoms with Crippen LogP contribution in [-0.2, 0) is 17.8 Å². The number of carbonyl (C=O) groups excluding carboxylic acids is 2. The van der Waals surface area contributed by atoms with Crippen molar-refractivity contribution in [2.24, 2.45) is 0 Å². The Morgan fingerprint density at radius 1 is 1.30 bits per heavy atom. The number of nitrogens with one attached hydrogen (secondary N) is 2. The van der Waals surface area contributed by atoms with Crippen LogP contribution < -0.4 is 15.4 Å². The minimum Gasteiger partial charge on any atom is -0.494 e. The SMILES string of the molecule is CCNC(=O)NC(=O)[C@H](C)N1CCc2ccc(OCC)cc2C1. The Labute approximate surface area is 137 Å². The molecule has 0 radical (unpaired) electrons. The van der Waals surface area contributed by atoms with Crippen molar-refractivity contribution in [1.82, 2.24) is 15.5 Å². The zero-order valence-corrected chi connectivity index (χ0v) is 14.0. The van der Waals surface area contributed by atoms with Crippen molar-refractivity contribution in [2.75, 3.05) is 19.7 Å².